The van der Waals surface area contributed by atoms with Crippen molar-refractivity contribution in [2.24, 2.45) is 0 Å². The maximum absolute atomic E-state index is 13.3. The van der Waals surface area contributed by atoms with Crippen molar-refractivity contribution in [2.75, 3.05) is 52.9 Å². The lowest BCUT2D eigenvalue weighted by molar-refractivity contribution is -0.134. The van der Waals surface area contributed by atoms with Crippen LogP contribution in [0.25, 0.3) is 0 Å². The van der Waals surface area contributed by atoms with Gasteiger partial charge in [0.2, 0.25) is 5.91 Å². The van der Waals surface area contributed by atoms with Gasteiger partial charge in [-0.1, -0.05) is 60.7 Å². The first-order valence-electron chi connectivity index (χ1n) is 11.3. The average molecular weight is 439 g/mol. The number of carbonyl (C=O) groups is 2. The van der Waals surface area contributed by atoms with Crippen LogP contribution >= 0.6 is 0 Å². The fourth-order valence-corrected chi connectivity index (χ4v) is 3.88. The van der Waals surface area contributed by atoms with Crippen molar-refractivity contribution in [3.8, 4) is 0 Å². The van der Waals surface area contributed by atoms with Gasteiger partial charge in [-0.05, 0) is 24.6 Å². The minimum atomic E-state index is -0.647. The molecule has 0 bridgehead atoms. The molecule has 1 saturated heterocycles. The van der Waals surface area contributed by atoms with Crippen LogP contribution in [0.1, 0.15) is 11.1 Å². The zero-order valence-electron chi connectivity index (χ0n) is 18.8. The van der Waals surface area contributed by atoms with E-state index in [1.54, 1.807) is 4.90 Å². The number of benzene rings is 2. The summed E-state index contributed by atoms with van der Waals surface area (Å²) in [6, 6.07) is 18.7. The molecule has 1 heterocycles. The SMILES string of the molecule is CN1CCN(C(=O)[C@@H](Cc2ccccc2)NC(=O)N(CCO)CCc2ccccc2)CC1. The van der Waals surface area contributed by atoms with Crippen LogP contribution in [0.3, 0.4) is 0 Å². The molecule has 2 aromatic rings. The first-order valence-corrected chi connectivity index (χ1v) is 11.3. The van der Waals surface area contributed by atoms with Gasteiger partial charge >= 0.3 is 6.03 Å². The van der Waals surface area contributed by atoms with Crippen LogP contribution in [0.2, 0.25) is 0 Å². The van der Waals surface area contributed by atoms with Crippen LogP contribution in [0, 0.1) is 0 Å². The van der Waals surface area contributed by atoms with Gasteiger partial charge in [-0.2, -0.15) is 0 Å². The van der Waals surface area contributed by atoms with Crippen molar-refractivity contribution in [2.45, 2.75) is 18.9 Å². The highest BCUT2D eigenvalue weighted by atomic mass is 16.3. The van der Waals surface area contributed by atoms with Gasteiger partial charge in [-0.3, -0.25) is 4.79 Å². The molecule has 1 aliphatic heterocycles. The quantitative estimate of drug-likeness (QED) is 0.624. The number of aliphatic hydroxyl groups is 1. The van der Waals surface area contributed by atoms with E-state index in [0.717, 1.165) is 24.2 Å². The van der Waals surface area contributed by atoms with E-state index in [0.29, 0.717) is 32.5 Å². The molecule has 0 radical (unpaired) electrons. The smallest absolute Gasteiger partial charge is 0.318 e. The Morgan fingerprint density at radius 3 is 2.12 bits per heavy atom. The first kappa shape index (κ1) is 23.8. The summed E-state index contributed by atoms with van der Waals surface area (Å²) in [5.41, 5.74) is 2.12. The Bertz CT molecular complexity index is 839. The van der Waals surface area contributed by atoms with Gasteiger partial charge in [0.25, 0.3) is 0 Å². The summed E-state index contributed by atoms with van der Waals surface area (Å²) in [4.78, 5) is 32.1. The van der Waals surface area contributed by atoms with Gasteiger partial charge in [0, 0.05) is 45.7 Å². The summed E-state index contributed by atoms with van der Waals surface area (Å²) in [7, 11) is 2.05. The van der Waals surface area contributed by atoms with Crippen LogP contribution < -0.4 is 5.32 Å². The average Bonchev–Trinajstić information content (AvgIpc) is 2.82. The molecule has 7 nitrogen and oxygen atoms in total. The van der Waals surface area contributed by atoms with Crippen molar-refractivity contribution >= 4 is 11.9 Å². The molecule has 0 saturated carbocycles. The summed E-state index contributed by atoms with van der Waals surface area (Å²) in [5.74, 6) is -0.0534. The zero-order chi connectivity index (χ0) is 22.8. The summed E-state index contributed by atoms with van der Waals surface area (Å²) in [5, 5.41) is 12.5. The lowest BCUT2D eigenvalue weighted by atomic mass is 10.0. The van der Waals surface area contributed by atoms with Crippen molar-refractivity contribution in [3.63, 3.8) is 0 Å². The van der Waals surface area contributed by atoms with E-state index >= 15 is 0 Å². The number of likely N-dealkylation sites (N-methyl/N-ethyl adjacent to an activating group) is 1. The Balaban J connectivity index is 1.69. The topological polar surface area (TPSA) is 76.1 Å². The highest BCUT2D eigenvalue weighted by molar-refractivity contribution is 5.87. The molecule has 32 heavy (non-hydrogen) atoms. The Labute approximate surface area is 190 Å². The third-order valence-corrected chi connectivity index (χ3v) is 5.86. The van der Waals surface area contributed by atoms with Gasteiger partial charge < -0.3 is 25.1 Å². The van der Waals surface area contributed by atoms with Crippen LogP contribution in [0.4, 0.5) is 4.79 Å². The number of hydrogen-bond acceptors (Lipinski definition) is 4. The fourth-order valence-electron chi connectivity index (χ4n) is 3.88. The standard InChI is InChI=1S/C25H34N4O3/c1-27-14-16-28(17-15-27)24(31)23(20-22-10-6-3-7-11-22)26-25(32)29(18-19-30)13-12-21-8-4-2-5-9-21/h2-11,23,30H,12-20H2,1H3,(H,26,32)/t23-/m1/s1. The molecule has 3 rings (SSSR count). The van der Waals surface area contributed by atoms with Gasteiger partial charge in [0.05, 0.1) is 6.61 Å². The molecule has 0 unspecified atom stereocenters. The number of aliphatic hydroxyl groups excluding tert-OH is 1. The molecule has 2 aromatic carbocycles. The molecule has 3 amide bonds. The van der Waals surface area contributed by atoms with Crippen LogP contribution in [0.5, 0.6) is 0 Å². The highest BCUT2D eigenvalue weighted by Crippen LogP contribution is 2.10. The second kappa shape index (κ2) is 12.2. The van der Waals surface area contributed by atoms with Gasteiger partial charge in [0.1, 0.15) is 6.04 Å². The van der Waals surface area contributed by atoms with Crippen molar-refractivity contribution in [3.05, 3.63) is 71.8 Å². The second-order valence-electron chi connectivity index (χ2n) is 8.27. The number of carbonyl (C=O) groups excluding carboxylic acids is 2. The Morgan fingerprint density at radius 2 is 1.53 bits per heavy atom. The molecular formula is C25H34N4O3. The van der Waals surface area contributed by atoms with Crippen molar-refractivity contribution in [1.29, 1.82) is 0 Å². The second-order valence-corrected chi connectivity index (χ2v) is 8.27. The summed E-state index contributed by atoms with van der Waals surface area (Å²) in [6.07, 6.45) is 1.12. The molecule has 7 heteroatoms. The van der Waals surface area contributed by atoms with E-state index < -0.39 is 6.04 Å². The maximum Gasteiger partial charge on any atom is 0.318 e. The minimum Gasteiger partial charge on any atom is -0.395 e. The number of piperazine rings is 1. The van der Waals surface area contributed by atoms with Crippen LogP contribution in [-0.4, -0.2) is 90.7 Å². The normalized spacial score (nSPS) is 15.2. The molecule has 1 fully saturated rings. The molecule has 1 atom stereocenters. The number of nitrogens with zero attached hydrogens (tertiary/aromatic N) is 3. The van der Waals surface area contributed by atoms with Crippen LogP contribution in [-0.2, 0) is 17.6 Å². The summed E-state index contributed by atoms with van der Waals surface area (Å²) in [6.45, 7) is 3.53. The van der Waals surface area contributed by atoms with Crippen molar-refractivity contribution in [1.82, 2.24) is 20.0 Å². The first-order chi connectivity index (χ1) is 15.6. The monoisotopic (exact) mass is 438 g/mol. The predicted octanol–water partition coefficient (Wildman–Crippen LogP) is 1.62. The van der Waals surface area contributed by atoms with Crippen molar-refractivity contribution < 1.29 is 14.7 Å². The summed E-state index contributed by atoms with van der Waals surface area (Å²) >= 11 is 0. The Kier molecular flexibility index (Phi) is 9.07. The number of amides is 3. The fraction of sp³-hybridized carbons (Fsp3) is 0.440. The highest BCUT2D eigenvalue weighted by Gasteiger charge is 2.29. The number of urea groups is 1. The molecular weight excluding hydrogens is 404 g/mol. The minimum absolute atomic E-state index is 0.0534. The largest absolute Gasteiger partial charge is 0.395 e. The Hall–Kier alpha value is -2.90. The molecule has 0 aliphatic carbocycles. The lowest BCUT2D eigenvalue weighted by Crippen LogP contribution is -2.57. The van der Waals surface area contributed by atoms with E-state index in [-0.39, 0.29) is 25.1 Å². The lowest BCUT2D eigenvalue weighted by Gasteiger charge is -2.35. The predicted molar refractivity (Wildman–Crippen MR) is 125 cm³/mol. The van der Waals surface area contributed by atoms with E-state index in [4.69, 9.17) is 0 Å². The molecule has 2 N–H and O–H groups in total. The molecule has 172 valence electrons. The number of nitrogens with one attached hydrogen (secondary N) is 1. The third kappa shape index (κ3) is 7.07. The van der Waals surface area contributed by atoms with Gasteiger partial charge in [-0.25, -0.2) is 4.79 Å². The van der Waals surface area contributed by atoms with Crippen LogP contribution in [0.15, 0.2) is 60.7 Å². The van der Waals surface area contributed by atoms with Gasteiger partial charge in [0.15, 0.2) is 0 Å². The van der Waals surface area contributed by atoms with E-state index in [9.17, 15) is 14.7 Å². The molecule has 1 aliphatic rings. The third-order valence-electron chi connectivity index (χ3n) is 5.86. The van der Waals surface area contributed by atoms with E-state index in [2.05, 4.69) is 10.2 Å². The number of rotatable bonds is 9. The van der Waals surface area contributed by atoms with Gasteiger partial charge in [-0.15, -0.1) is 0 Å². The summed E-state index contributed by atoms with van der Waals surface area (Å²) < 4.78 is 0. The number of hydrogen-bond donors (Lipinski definition) is 2. The Morgan fingerprint density at radius 1 is 0.938 bits per heavy atom. The molecule has 0 spiro atoms. The van der Waals surface area contributed by atoms with E-state index in [1.165, 1.54) is 0 Å². The maximum atomic E-state index is 13.3. The zero-order valence-corrected chi connectivity index (χ0v) is 18.8. The van der Waals surface area contributed by atoms with E-state index in [1.807, 2.05) is 72.6 Å². The molecule has 0 aromatic heterocycles.